The SMILES string of the molecule is COc1ccc(S(=O)(=O)N2CCCCC2)cc1NC(=O)CSc1nnc2n1CCCCC2. The molecule has 3 heterocycles. The predicted molar refractivity (Wildman–Crippen MR) is 123 cm³/mol. The van der Waals surface area contributed by atoms with Crippen LogP contribution in [0.2, 0.25) is 0 Å². The van der Waals surface area contributed by atoms with Crippen LogP contribution in [0.3, 0.4) is 0 Å². The molecule has 0 spiro atoms. The first-order valence-electron chi connectivity index (χ1n) is 11.0. The van der Waals surface area contributed by atoms with Crippen molar-refractivity contribution in [3.8, 4) is 5.75 Å². The lowest BCUT2D eigenvalue weighted by Crippen LogP contribution is -2.35. The first-order chi connectivity index (χ1) is 15.5. The molecular formula is C21H29N5O4S2. The Kier molecular flexibility index (Phi) is 7.37. The van der Waals surface area contributed by atoms with Crippen LogP contribution in [-0.2, 0) is 27.8 Å². The number of anilines is 1. The molecule has 1 saturated heterocycles. The van der Waals surface area contributed by atoms with Gasteiger partial charge in [-0.25, -0.2) is 8.42 Å². The second kappa shape index (κ2) is 10.2. The van der Waals surface area contributed by atoms with E-state index in [0.717, 1.165) is 56.1 Å². The lowest BCUT2D eigenvalue weighted by molar-refractivity contribution is -0.113. The molecule has 1 N–H and O–H groups in total. The third kappa shape index (κ3) is 5.10. The summed E-state index contributed by atoms with van der Waals surface area (Å²) >= 11 is 1.33. The van der Waals surface area contributed by atoms with Crippen molar-refractivity contribution in [2.75, 3.05) is 31.3 Å². The summed E-state index contributed by atoms with van der Waals surface area (Å²) in [5.74, 6) is 1.27. The first kappa shape index (κ1) is 23.1. The number of piperidine rings is 1. The molecule has 0 bridgehead atoms. The van der Waals surface area contributed by atoms with Crippen LogP contribution in [0.5, 0.6) is 5.75 Å². The number of ether oxygens (including phenoxy) is 1. The van der Waals surface area contributed by atoms with Crippen LogP contribution in [0.4, 0.5) is 5.69 Å². The van der Waals surface area contributed by atoms with Crippen LogP contribution in [0.15, 0.2) is 28.3 Å². The lowest BCUT2D eigenvalue weighted by Gasteiger charge is -2.26. The summed E-state index contributed by atoms with van der Waals surface area (Å²) in [6.07, 6.45) is 7.05. The van der Waals surface area contributed by atoms with E-state index in [1.54, 1.807) is 6.07 Å². The zero-order chi connectivity index (χ0) is 22.6. The number of aryl methyl sites for hydroxylation is 1. The van der Waals surface area contributed by atoms with Crippen molar-refractivity contribution in [2.24, 2.45) is 0 Å². The number of thioether (sulfide) groups is 1. The Morgan fingerprint density at radius 3 is 2.62 bits per heavy atom. The molecule has 0 unspecified atom stereocenters. The van der Waals surface area contributed by atoms with Crippen molar-refractivity contribution in [1.82, 2.24) is 19.1 Å². The van der Waals surface area contributed by atoms with Gasteiger partial charge in [-0.05, 0) is 43.9 Å². The monoisotopic (exact) mass is 479 g/mol. The van der Waals surface area contributed by atoms with Gasteiger partial charge in [-0.3, -0.25) is 4.79 Å². The van der Waals surface area contributed by atoms with Gasteiger partial charge < -0.3 is 14.6 Å². The molecule has 174 valence electrons. The van der Waals surface area contributed by atoms with E-state index < -0.39 is 10.0 Å². The number of fused-ring (bicyclic) bond motifs is 1. The Morgan fingerprint density at radius 1 is 1.09 bits per heavy atom. The molecule has 0 aliphatic carbocycles. The van der Waals surface area contributed by atoms with Gasteiger partial charge in [0.2, 0.25) is 15.9 Å². The second-order valence-corrected chi connectivity index (χ2v) is 10.9. The molecule has 1 fully saturated rings. The number of carbonyl (C=O) groups is 1. The van der Waals surface area contributed by atoms with Crippen molar-refractivity contribution in [3.63, 3.8) is 0 Å². The van der Waals surface area contributed by atoms with Gasteiger partial charge in [0.15, 0.2) is 5.16 Å². The van der Waals surface area contributed by atoms with E-state index in [-0.39, 0.29) is 16.6 Å². The van der Waals surface area contributed by atoms with Crippen LogP contribution in [0, 0.1) is 0 Å². The summed E-state index contributed by atoms with van der Waals surface area (Å²) in [6.45, 7) is 1.92. The van der Waals surface area contributed by atoms with Gasteiger partial charge >= 0.3 is 0 Å². The molecule has 2 aliphatic rings. The number of amides is 1. The third-order valence-electron chi connectivity index (χ3n) is 5.81. The average Bonchev–Trinajstić information content (AvgIpc) is 3.04. The van der Waals surface area contributed by atoms with Crippen LogP contribution >= 0.6 is 11.8 Å². The van der Waals surface area contributed by atoms with E-state index >= 15 is 0 Å². The van der Waals surface area contributed by atoms with Crippen molar-refractivity contribution in [1.29, 1.82) is 0 Å². The van der Waals surface area contributed by atoms with Crippen molar-refractivity contribution in [2.45, 2.75) is 61.5 Å². The molecule has 1 aromatic heterocycles. The Labute approximate surface area is 193 Å². The van der Waals surface area contributed by atoms with E-state index in [4.69, 9.17) is 4.74 Å². The molecule has 1 amide bonds. The Hall–Kier alpha value is -2.11. The normalized spacial score (nSPS) is 17.4. The maximum atomic E-state index is 13.0. The summed E-state index contributed by atoms with van der Waals surface area (Å²) in [7, 11) is -2.12. The molecule has 4 rings (SSSR count). The zero-order valence-corrected chi connectivity index (χ0v) is 19.9. The van der Waals surface area contributed by atoms with Gasteiger partial charge in [0.25, 0.3) is 0 Å². The molecule has 11 heteroatoms. The molecule has 0 atom stereocenters. The number of sulfonamides is 1. The Morgan fingerprint density at radius 2 is 1.84 bits per heavy atom. The largest absolute Gasteiger partial charge is 0.495 e. The van der Waals surface area contributed by atoms with Crippen LogP contribution in [0.25, 0.3) is 0 Å². The lowest BCUT2D eigenvalue weighted by atomic mass is 10.2. The molecule has 1 aromatic carbocycles. The number of rotatable bonds is 7. The second-order valence-electron chi connectivity index (χ2n) is 8.02. The fourth-order valence-electron chi connectivity index (χ4n) is 4.08. The molecule has 32 heavy (non-hydrogen) atoms. The van der Waals surface area contributed by atoms with Crippen LogP contribution < -0.4 is 10.1 Å². The topological polar surface area (TPSA) is 106 Å². The van der Waals surface area contributed by atoms with Gasteiger partial charge in [0.1, 0.15) is 11.6 Å². The number of nitrogens with zero attached hydrogens (tertiary/aromatic N) is 4. The van der Waals surface area contributed by atoms with E-state index in [0.29, 0.717) is 24.5 Å². The number of benzene rings is 1. The highest BCUT2D eigenvalue weighted by Gasteiger charge is 2.27. The van der Waals surface area contributed by atoms with Crippen LogP contribution in [0.1, 0.15) is 44.3 Å². The van der Waals surface area contributed by atoms with Gasteiger partial charge in [0.05, 0.1) is 23.4 Å². The highest BCUT2D eigenvalue weighted by Crippen LogP contribution is 2.30. The molecule has 0 radical (unpaired) electrons. The Bertz CT molecular complexity index is 1060. The van der Waals surface area contributed by atoms with E-state index in [9.17, 15) is 13.2 Å². The van der Waals surface area contributed by atoms with Crippen molar-refractivity contribution >= 4 is 33.4 Å². The summed E-state index contributed by atoms with van der Waals surface area (Å²) in [5, 5.41) is 12.0. The minimum Gasteiger partial charge on any atom is -0.495 e. The zero-order valence-electron chi connectivity index (χ0n) is 18.2. The molecule has 2 aromatic rings. The van der Waals surface area contributed by atoms with Crippen LogP contribution in [-0.4, -0.2) is 59.3 Å². The fourth-order valence-corrected chi connectivity index (χ4v) is 6.41. The number of carbonyl (C=O) groups excluding carboxylic acids is 1. The molecular weight excluding hydrogens is 450 g/mol. The van der Waals surface area contributed by atoms with Crippen molar-refractivity contribution < 1.29 is 17.9 Å². The van der Waals surface area contributed by atoms with Crippen molar-refractivity contribution in [3.05, 3.63) is 24.0 Å². The number of hydrogen-bond acceptors (Lipinski definition) is 7. The fraction of sp³-hybridized carbons (Fsp3) is 0.571. The summed E-state index contributed by atoms with van der Waals surface area (Å²) in [6, 6.07) is 4.59. The van der Waals surface area contributed by atoms with Gasteiger partial charge in [-0.1, -0.05) is 24.6 Å². The third-order valence-corrected chi connectivity index (χ3v) is 8.67. The maximum absolute atomic E-state index is 13.0. The van der Waals surface area contributed by atoms with E-state index in [1.165, 1.54) is 41.7 Å². The van der Waals surface area contributed by atoms with E-state index in [1.807, 2.05) is 0 Å². The number of nitrogens with one attached hydrogen (secondary N) is 1. The predicted octanol–water partition coefficient (Wildman–Crippen LogP) is 2.92. The summed E-state index contributed by atoms with van der Waals surface area (Å²) in [4.78, 5) is 12.8. The standard InChI is InChI=1S/C21H29N5O4S2/c1-30-18-10-9-16(32(28,29)25-11-5-3-6-12-25)14-17(18)22-20(27)15-31-21-24-23-19-8-4-2-7-13-26(19)21/h9-10,14H,2-8,11-13,15H2,1H3,(H,22,27). The minimum absolute atomic E-state index is 0.143. The smallest absolute Gasteiger partial charge is 0.243 e. The molecule has 0 saturated carbocycles. The number of hydrogen-bond donors (Lipinski definition) is 1. The number of aromatic nitrogens is 3. The summed E-state index contributed by atoms with van der Waals surface area (Å²) < 4.78 is 35.0. The highest BCUT2D eigenvalue weighted by atomic mass is 32.2. The average molecular weight is 480 g/mol. The van der Waals surface area contributed by atoms with Gasteiger partial charge in [0, 0.05) is 26.1 Å². The Balaban J connectivity index is 1.45. The minimum atomic E-state index is -3.61. The summed E-state index contributed by atoms with van der Waals surface area (Å²) in [5.41, 5.74) is 0.344. The first-order valence-corrected chi connectivity index (χ1v) is 13.4. The van der Waals surface area contributed by atoms with E-state index in [2.05, 4.69) is 20.1 Å². The highest BCUT2D eigenvalue weighted by molar-refractivity contribution is 7.99. The maximum Gasteiger partial charge on any atom is 0.243 e. The molecule has 9 nitrogen and oxygen atoms in total. The quantitative estimate of drug-likeness (QED) is 0.609. The van der Waals surface area contributed by atoms with Gasteiger partial charge in [-0.15, -0.1) is 10.2 Å². The number of methoxy groups -OCH3 is 1. The molecule has 2 aliphatic heterocycles. The van der Waals surface area contributed by atoms with Gasteiger partial charge in [-0.2, -0.15) is 4.31 Å².